The number of aliphatic imine (C=N–C) groups is 1. The van der Waals surface area contributed by atoms with Crippen LogP contribution in [0.5, 0.6) is 0 Å². The van der Waals surface area contributed by atoms with E-state index in [4.69, 9.17) is 0 Å². The molecular formula is C21H23N3O3. The number of rotatable bonds is 5. The van der Waals surface area contributed by atoms with E-state index in [0.29, 0.717) is 11.3 Å². The van der Waals surface area contributed by atoms with E-state index < -0.39 is 4.92 Å². The highest BCUT2D eigenvalue weighted by atomic mass is 16.6. The summed E-state index contributed by atoms with van der Waals surface area (Å²) in [6.45, 7) is 2.81. The predicted octanol–water partition coefficient (Wildman–Crippen LogP) is 4.57. The Kier molecular flexibility index (Phi) is 5.96. The summed E-state index contributed by atoms with van der Waals surface area (Å²) in [5.41, 5.74) is 2.36. The summed E-state index contributed by atoms with van der Waals surface area (Å²) >= 11 is 0. The molecule has 0 saturated heterocycles. The third-order valence-electron chi connectivity index (χ3n) is 4.69. The van der Waals surface area contributed by atoms with Gasteiger partial charge in [0.2, 0.25) is 0 Å². The number of carbonyl (C=O) groups is 1. The van der Waals surface area contributed by atoms with Gasteiger partial charge in [-0.25, -0.2) is 0 Å². The molecule has 0 saturated carbocycles. The van der Waals surface area contributed by atoms with Crippen LogP contribution >= 0.6 is 0 Å². The number of nitrogens with zero attached hydrogens (tertiary/aromatic N) is 3. The van der Waals surface area contributed by atoms with Gasteiger partial charge in [-0.05, 0) is 25.8 Å². The van der Waals surface area contributed by atoms with Gasteiger partial charge in [0.1, 0.15) is 5.84 Å². The van der Waals surface area contributed by atoms with Crippen molar-refractivity contribution in [3.63, 3.8) is 0 Å². The van der Waals surface area contributed by atoms with Gasteiger partial charge in [0.15, 0.2) is 5.78 Å². The zero-order valence-corrected chi connectivity index (χ0v) is 15.4. The summed E-state index contributed by atoms with van der Waals surface area (Å²) in [5.74, 6) is 0.793. The molecule has 6 heteroatoms. The molecule has 0 aromatic heterocycles. The Labute approximate surface area is 158 Å². The molecule has 1 aliphatic heterocycles. The van der Waals surface area contributed by atoms with Crippen LogP contribution in [0.15, 0.2) is 53.5 Å². The van der Waals surface area contributed by atoms with Gasteiger partial charge in [-0.15, -0.1) is 0 Å². The molecule has 0 radical (unpaired) electrons. The van der Waals surface area contributed by atoms with E-state index in [1.807, 2.05) is 36.1 Å². The minimum absolute atomic E-state index is 0.00880. The molecule has 0 amide bonds. The third-order valence-corrected chi connectivity index (χ3v) is 4.69. The summed E-state index contributed by atoms with van der Waals surface area (Å²) in [6, 6.07) is 13.9. The Morgan fingerprint density at radius 1 is 1.15 bits per heavy atom. The first-order valence-corrected chi connectivity index (χ1v) is 9.20. The largest absolute Gasteiger partial charge is 0.322 e. The fourth-order valence-corrected chi connectivity index (χ4v) is 3.16. The van der Waals surface area contributed by atoms with Crippen LogP contribution < -0.4 is 4.90 Å². The molecule has 0 unspecified atom stereocenters. The molecule has 1 aliphatic rings. The van der Waals surface area contributed by atoms with Crippen molar-refractivity contribution in [3.8, 4) is 0 Å². The van der Waals surface area contributed by atoms with Crippen molar-refractivity contribution < 1.29 is 9.72 Å². The van der Waals surface area contributed by atoms with Crippen LogP contribution in [0.25, 0.3) is 0 Å². The second-order valence-corrected chi connectivity index (χ2v) is 6.76. The summed E-state index contributed by atoms with van der Waals surface area (Å²) in [7, 11) is 0. The first-order chi connectivity index (χ1) is 13.0. The zero-order valence-electron chi connectivity index (χ0n) is 15.4. The highest BCUT2D eigenvalue weighted by Gasteiger charge is 2.21. The predicted molar refractivity (Wildman–Crippen MR) is 107 cm³/mol. The maximum Gasteiger partial charge on any atom is 0.271 e. The van der Waals surface area contributed by atoms with Crippen molar-refractivity contribution in [1.29, 1.82) is 0 Å². The molecule has 27 heavy (non-hydrogen) atoms. The van der Waals surface area contributed by atoms with Crippen molar-refractivity contribution in [2.24, 2.45) is 4.99 Å². The fourth-order valence-electron chi connectivity index (χ4n) is 3.16. The normalized spacial score (nSPS) is 14.2. The van der Waals surface area contributed by atoms with Gasteiger partial charge in [-0.2, -0.15) is 0 Å². The number of hydrogen-bond acceptors (Lipinski definition) is 5. The standard InChI is InChI=1S/C21H23N3O3/c1-16-9-11-17(12-10-16)20(25)15-23(21-8-3-2-4-13-22-21)18-6-5-7-19(14-18)24(26)27/h5-7,9-12,14H,2-4,8,13,15H2,1H3. The number of nitro benzene ring substituents is 1. The molecule has 3 rings (SSSR count). The quantitative estimate of drug-likeness (QED) is 0.442. The minimum Gasteiger partial charge on any atom is -0.322 e. The maximum atomic E-state index is 12.9. The molecule has 2 aromatic carbocycles. The average molecular weight is 365 g/mol. The van der Waals surface area contributed by atoms with Crippen molar-refractivity contribution in [1.82, 2.24) is 0 Å². The smallest absolute Gasteiger partial charge is 0.271 e. The topological polar surface area (TPSA) is 75.8 Å². The highest BCUT2D eigenvalue weighted by molar-refractivity contribution is 6.07. The number of carbonyl (C=O) groups excluding carboxylic acids is 1. The van der Waals surface area contributed by atoms with Crippen molar-refractivity contribution in [3.05, 3.63) is 69.8 Å². The maximum absolute atomic E-state index is 12.9. The lowest BCUT2D eigenvalue weighted by molar-refractivity contribution is -0.384. The molecule has 6 nitrogen and oxygen atoms in total. The Bertz CT molecular complexity index is 859. The van der Waals surface area contributed by atoms with E-state index in [0.717, 1.165) is 43.6 Å². The number of ketones is 1. The zero-order chi connectivity index (χ0) is 19.2. The first-order valence-electron chi connectivity index (χ1n) is 9.20. The fraction of sp³-hybridized carbons (Fsp3) is 0.333. The summed E-state index contributed by atoms with van der Waals surface area (Å²) in [5, 5.41) is 11.2. The van der Waals surface area contributed by atoms with Crippen LogP contribution in [0.1, 0.15) is 41.6 Å². The van der Waals surface area contributed by atoms with Crippen LogP contribution in [0.4, 0.5) is 11.4 Å². The van der Waals surface area contributed by atoms with E-state index in [2.05, 4.69) is 4.99 Å². The summed E-state index contributed by atoms with van der Waals surface area (Å²) < 4.78 is 0. The molecule has 2 aromatic rings. The summed E-state index contributed by atoms with van der Waals surface area (Å²) in [4.78, 5) is 30.1. The number of aryl methyl sites for hydroxylation is 1. The van der Waals surface area contributed by atoms with E-state index in [1.165, 1.54) is 12.1 Å². The Morgan fingerprint density at radius 3 is 2.67 bits per heavy atom. The van der Waals surface area contributed by atoms with Crippen molar-refractivity contribution >= 4 is 23.0 Å². The lowest BCUT2D eigenvalue weighted by Gasteiger charge is -2.25. The van der Waals surface area contributed by atoms with E-state index in [9.17, 15) is 14.9 Å². The van der Waals surface area contributed by atoms with Crippen molar-refractivity contribution in [2.75, 3.05) is 18.0 Å². The van der Waals surface area contributed by atoms with Gasteiger partial charge in [-0.1, -0.05) is 42.3 Å². The number of amidine groups is 1. The van der Waals surface area contributed by atoms with Gasteiger partial charge in [0.25, 0.3) is 5.69 Å². The lowest BCUT2D eigenvalue weighted by Crippen LogP contribution is -2.36. The van der Waals surface area contributed by atoms with E-state index in [1.54, 1.807) is 12.1 Å². The lowest BCUT2D eigenvalue weighted by atomic mass is 10.1. The Morgan fingerprint density at radius 2 is 1.93 bits per heavy atom. The third kappa shape index (κ3) is 4.78. The van der Waals surface area contributed by atoms with Crippen LogP contribution in [0.2, 0.25) is 0 Å². The number of non-ortho nitro benzene ring substituents is 1. The van der Waals surface area contributed by atoms with Crippen LogP contribution in [-0.4, -0.2) is 29.6 Å². The van der Waals surface area contributed by atoms with Crippen molar-refractivity contribution in [2.45, 2.75) is 32.6 Å². The molecule has 0 N–H and O–H groups in total. The molecular weight excluding hydrogens is 342 g/mol. The molecule has 0 fully saturated rings. The molecule has 0 spiro atoms. The van der Waals surface area contributed by atoms with Crippen LogP contribution in [-0.2, 0) is 0 Å². The molecule has 140 valence electrons. The van der Waals surface area contributed by atoms with Gasteiger partial charge in [0.05, 0.1) is 11.5 Å². The monoisotopic (exact) mass is 365 g/mol. The Balaban J connectivity index is 1.93. The molecule has 0 atom stereocenters. The second kappa shape index (κ2) is 8.58. The molecule has 0 bridgehead atoms. The average Bonchev–Trinajstić information content (AvgIpc) is 2.96. The summed E-state index contributed by atoms with van der Waals surface area (Å²) in [6.07, 6.45) is 3.90. The van der Waals surface area contributed by atoms with Gasteiger partial charge in [0, 0.05) is 36.3 Å². The number of benzene rings is 2. The van der Waals surface area contributed by atoms with E-state index in [-0.39, 0.29) is 18.0 Å². The van der Waals surface area contributed by atoms with Gasteiger partial charge >= 0.3 is 0 Å². The number of hydrogen-bond donors (Lipinski definition) is 0. The number of nitro groups is 1. The molecule has 0 aliphatic carbocycles. The van der Waals surface area contributed by atoms with E-state index >= 15 is 0 Å². The minimum atomic E-state index is -0.418. The van der Waals surface area contributed by atoms with Gasteiger partial charge < -0.3 is 4.90 Å². The highest BCUT2D eigenvalue weighted by Crippen LogP contribution is 2.24. The van der Waals surface area contributed by atoms with Crippen LogP contribution in [0.3, 0.4) is 0 Å². The SMILES string of the molecule is Cc1ccc(C(=O)CN(C2=NCCCCC2)c2cccc([N+](=O)[O-])c2)cc1. The second-order valence-electron chi connectivity index (χ2n) is 6.76. The van der Waals surface area contributed by atoms with Crippen LogP contribution in [0, 0.1) is 17.0 Å². The molecule has 1 heterocycles. The number of Topliss-reactive ketones (excluding diaryl/α,β-unsaturated/α-hetero) is 1. The number of anilines is 1. The Hall–Kier alpha value is -3.02. The van der Waals surface area contributed by atoms with Gasteiger partial charge in [-0.3, -0.25) is 19.9 Å². The first kappa shape index (κ1) is 18.8.